The topological polar surface area (TPSA) is 108 Å². The fourth-order valence-corrected chi connectivity index (χ4v) is 3.42. The first-order valence-electron chi connectivity index (χ1n) is 9.54. The predicted molar refractivity (Wildman–Crippen MR) is 107 cm³/mol. The normalized spacial score (nSPS) is 30.3. The fourth-order valence-electron chi connectivity index (χ4n) is 3.42. The van der Waals surface area contributed by atoms with Gasteiger partial charge in [-0.2, -0.15) is 0 Å². The molecule has 2 rings (SSSR count). The number of aliphatic hydroxyl groups is 1. The number of carbonyl (C=O) groups excluding carboxylic acids is 3. The summed E-state index contributed by atoms with van der Waals surface area (Å²) in [5, 5.41) is 10.9. The van der Waals surface area contributed by atoms with Crippen molar-refractivity contribution >= 4 is 17.9 Å². The van der Waals surface area contributed by atoms with Gasteiger partial charge in [-0.25, -0.2) is 9.59 Å². The Kier molecular flexibility index (Phi) is 7.39. The molecule has 1 aliphatic heterocycles. The number of esters is 3. The average Bonchev–Trinajstić information content (AvgIpc) is 2.87. The molecule has 164 valence electrons. The molecule has 8 heteroatoms. The van der Waals surface area contributed by atoms with Gasteiger partial charge in [0, 0.05) is 38.0 Å². The molecule has 8 nitrogen and oxygen atoms in total. The third-order valence-electron chi connectivity index (χ3n) is 4.60. The minimum Gasteiger partial charge on any atom is -0.458 e. The number of hydrogen-bond acceptors (Lipinski definition) is 8. The second-order valence-corrected chi connectivity index (χ2v) is 7.82. The summed E-state index contributed by atoms with van der Waals surface area (Å²) in [7, 11) is 1.43. The molecule has 0 unspecified atom stereocenters. The first-order valence-corrected chi connectivity index (χ1v) is 9.54. The van der Waals surface area contributed by atoms with E-state index in [0.29, 0.717) is 5.57 Å². The Morgan fingerprint density at radius 2 is 2.00 bits per heavy atom. The van der Waals surface area contributed by atoms with Crippen LogP contribution in [0.1, 0.15) is 40.5 Å². The predicted octanol–water partition coefficient (Wildman–Crippen LogP) is 2.28. The molecule has 2 aliphatic rings. The average molecular weight is 420 g/mol. The van der Waals surface area contributed by atoms with Crippen molar-refractivity contribution in [3.8, 4) is 0 Å². The molecule has 0 saturated heterocycles. The zero-order valence-electron chi connectivity index (χ0n) is 17.9. The summed E-state index contributed by atoms with van der Waals surface area (Å²) in [5.74, 6) is -1.67. The highest BCUT2D eigenvalue weighted by Crippen LogP contribution is 2.37. The van der Waals surface area contributed by atoms with Crippen molar-refractivity contribution in [1.82, 2.24) is 0 Å². The van der Waals surface area contributed by atoms with E-state index >= 15 is 0 Å². The SMILES string of the molecule is C=C(C)C(=O)O[C@H]1C/C(C)=C/[C@H](OC(C)=O)C[C@@](C)(O)/C=C2\OC(=O)C(COC)=C21. The molecule has 0 aromatic heterocycles. The number of hydrogen-bond donors (Lipinski definition) is 1. The van der Waals surface area contributed by atoms with E-state index in [-0.39, 0.29) is 36.4 Å². The fraction of sp³-hybridized carbons (Fsp3) is 0.500. The van der Waals surface area contributed by atoms with Crippen molar-refractivity contribution < 1.29 is 38.4 Å². The highest BCUT2D eigenvalue weighted by molar-refractivity contribution is 5.95. The van der Waals surface area contributed by atoms with E-state index in [1.807, 2.05) is 0 Å². The largest absolute Gasteiger partial charge is 0.458 e. The van der Waals surface area contributed by atoms with Crippen LogP contribution in [-0.4, -0.2) is 54.5 Å². The third-order valence-corrected chi connectivity index (χ3v) is 4.60. The van der Waals surface area contributed by atoms with Crippen LogP contribution >= 0.6 is 0 Å². The summed E-state index contributed by atoms with van der Waals surface area (Å²) in [5.41, 5.74) is 0.00423. The summed E-state index contributed by atoms with van der Waals surface area (Å²) in [4.78, 5) is 36.2. The first-order chi connectivity index (χ1) is 13.9. The Hall–Kier alpha value is -2.71. The molecule has 30 heavy (non-hydrogen) atoms. The zero-order chi connectivity index (χ0) is 22.6. The van der Waals surface area contributed by atoms with E-state index in [1.54, 1.807) is 13.0 Å². The molecule has 0 amide bonds. The Labute approximate surface area is 175 Å². The first kappa shape index (κ1) is 23.6. The maximum atomic E-state index is 12.5. The van der Waals surface area contributed by atoms with Crippen LogP contribution in [0, 0.1) is 0 Å². The summed E-state index contributed by atoms with van der Waals surface area (Å²) >= 11 is 0. The highest BCUT2D eigenvalue weighted by atomic mass is 16.6. The van der Waals surface area contributed by atoms with Gasteiger partial charge in [-0.05, 0) is 32.9 Å². The van der Waals surface area contributed by atoms with Crippen molar-refractivity contribution in [3.63, 3.8) is 0 Å². The lowest BCUT2D eigenvalue weighted by molar-refractivity contribution is -0.145. The van der Waals surface area contributed by atoms with E-state index in [0.717, 1.165) is 5.57 Å². The van der Waals surface area contributed by atoms with Crippen LogP contribution in [0.4, 0.5) is 0 Å². The van der Waals surface area contributed by atoms with Crippen LogP contribution in [0.15, 0.2) is 46.8 Å². The Bertz CT molecular complexity index is 843. The zero-order valence-corrected chi connectivity index (χ0v) is 17.9. The van der Waals surface area contributed by atoms with Crippen molar-refractivity contribution in [2.45, 2.75) is 58.3 Å². The Morgan fingerprint density at radius 1 is 1.33 bits per heavy atom. The van der Waals surface area contributed by atoms with Crippen LogP contribution in [-0.2, 0) is 33.3 Å². The van der Waals surface area contributed by atoms with Gasteiger partial charge in [0.25, 0.3) is 0 Å². The second kappa shape index (κ2) is 9.40. The van der Waals surface area contributed by atoms with Crippen LogP contribution in [0.5, 0.6) is 0 Å². The maximum Gasteiger partial charge on any atom is 0.342 e. The van der Waals surface area contributed by atoms with Gasteiger partial charge in [-0.15, -0.1) is 0 Å². The smallest absolute Gasteiger partial charge is 0.342 e. The molecule has 3 atom stereocenters. The summed E-state index contributed by atoms with van der Waals surface area (Å²) < 4.78 is 21.5. The molecule has 0 aromatic rings. The van der Waals surface area contributed by atoms with Gasteiger partial charge in [0.1, 0.15) is 18.0 Å². The van der Waals surface area contributed by atoms with Crippen molar-refractivity contribution in [2.24, 2.45) is 0 Å². The Balaban J connectivity index is 2.63. The molecule has 1 aliphatic carbocycles. The lowest BCUT2D eigenvalue weighted by Crippen LogP contribution is -2.32. The highest BCUT2D eigenvalue weighted by Gasteiger charge is 2.39. The number of methoxy groups -OCH3 is 1. The van der Waals surface area contributed by atoms with Crippen LogP contribution in [0.2, 0.25) is 0 Å². The monoisotopic (exact) mass is 420 g/mol. The van der Waals surface area contributed by atoms with E-state index in [2.05, 4.69) is 6.58 Å². The molecule has 1 N–H and O–H groups in total. The molecule has 0 saturated carbocycles. The van der Waals surface area contributed by atoms with E-state index in [9.17, 15) is 19.5 Å². The molecule has 0 aromatic carbocycles. The quantitative estimate of drug-likeness (QED) is 0.312. The van der Waals surface area contributed by atoms with Crippen LogP contribution in [0.25, 0.3) is 0 Å². The van der Waals surface area contributed by atoms with Crippen LogP contribution < -0.4 is 0 Å². The van der Waals surface area contributed by atoms with Crippen molar-refractivity contribution in [2.75, 3.05) is 13.7 Å². The van der Waals surface area contributed by atoms with Gasteiger partial charge in [-0.3, -0.25) is 4.79 Å². The molecule has 1 heterocycles. The molecule has 0 fully saturated rings. The van der Waals surface area contributed by atoms with E-state index in [4.69, 9.17) is 18.9 Å². The van der Waals surface area contributed by atoms with Crippen molar-refractivity contribution in [1.29, 1.82) is 0 Å². The molecule has 0 bridgehead atoms. The number of carbonyl (C=O) groups is 3. The summed E-state index contributed by atoms with van der Waals surface area (Å²) in [6, 6.07) is 0. The van der Waals surface area contributed by atoms with Gasteiger partial charge in [0.05, 0.1) is 17.8 Å². The van der Waals surface area contributed by atoms with Gasteiger partial charge < -0.3 is 24.1 Å². The lowest BCUT2D eigenvalue weighted by Gasteiger charge is -2.28. The summed E-state index contributed by atoms with van der Waals surface area (Å²) in [6.45, 7) is 9.64. The van der Waals surface area contributed by atoms with Gasteiger partial charge in [-0.1, -0.05) is 12.2 Å². The van der Waals surface area contributed by atoms with Crippen molar-refractivity contribution in [3.05, 3.63) is 46.8 Å². The van der Waals surface area contributed by atoms with E-state index < -0.39 is 35.7 Å². The van der Waals surface area contributed by atoms with Gasteiger partial charge in [0.2, 0.25) is 0 Å². The number of ether oxygens (including phenoxy) is 4. The molecular formula is C22H28O8. The van der Waals surface area contributed by atoms with Crippen LogP contribution in [0.3, 0.4) is 0 Å². The number of fused-ring (bicyclic) bond motifs is 1. The molecule has 0 radical (unpaired) electrons. The minimum atomic E-state index is -1.49. The standard InChI is InChI=1S/C22H28O8/c1-12(2)20(24)29-17-8-13(3)7-15(28-14(4)23)9-22(5,26)10-18-19(17)16(11-27-6)21(25)30-18/h7,10,15,17,26H,1,8-9,11H2,2-6H3/b13-7+,18-10-/t15-,17-,22+/m0/s1. The lowest BCUT2D eigenvalue weighted by atomic mass is 9.89. The second-order valence-electron chi connectivity index (χ2n) is 7.82. The molecule has 0 spiro atoms. The maximum absolute atomic E-state index is 12.5. The van der Waals surface area contributed by atoms with Gasteiger partial charge >= 0.3 is 17.9 Å². The number of rotatable bonds is 5. The van der Waals surface area contributed by atoms with E-state index in [1.165, 1.54) is 34.0 Å². The minimum absolute atomic E-state index is 0.0480. The summed E-state index contributed by atoms with van der Waals surface area (Å²) in [6.07, 6.45) is 1.73. The molecular weight excluding hydrogens is 392 g/mol. The third kappa shape index (κ3) is 5.90. The Morgan fingerprint density at radius 3 is 2.57 bits per heavy atom. The van der Waals surface area contributed by atoms with Gasteiger partial charge in [0.15, 0.2) is 0 Å².